The fraction of sp³-hybridized carbons (Fsp3) is 0.0667. The number of hydrogen-bond acceptors (Lipinski definition) is 2. The molecule has 0 radical (unpaired) electrons. The Balaban J connectivity index is 1.27. The summed E-state index contributed by atoms with van der Waals surface area (Å²) in [7, 11) is 0. The van der Waals surface area contributed by atoms with Crippen molar-refractivity contribution >= 4 is 71.3 Å². The molecule has 10 rings (SSSR count). The van der Waals surface area contributed by atoms with E-state index in [1.165, 1.54) is 54.6 Å². The van der Waals surface area contributed by atoms with Gasteiger partial charge in [-0.25, -0.2) is 0 Å². The summed E-state index contributed by atoms with van der Waals surface area (Å²) in [6.07, 6.45) is 0. The fourth-order valence-corrected chi connectivity index (χ4v) is 8.40. The lowest BCUT2D eigenvalue weighted by atomic mass is 9.79. The van der Waals surface area contributed by atoms with E-state index in [0.717, 1.165) is 39.0 Å². The van der Waals surface area contributed by atoms with Crippen LogP contribution in [0.1, 0.15) is 25.0 Å². The van der Waals surface area contributed by atoms with Crippen molar-refractivity contribution in [1.82, 2.24) is 0 Å². The first kappa shape index (κ1) is 26.4. The molecule has 0 amide bonds. The van der Waals surface area contributed by atoms with E-state index in [2.05, 4.69) is 158 Å². The van der Waals surface area contributed by atoms with Crippen LogP contribution in [0.5, 0.6) is 0 Å². The van der Waals surface area contributed by atoms with Gasteiger partial charge < -0.3 is 9.32 Å². The molecule has 0 N–H and O–H groups in total. The molecular formula is C45H31NO. The minimum Gasteiger partial charge on any atom is -0.456 e. The zero-order valence-corrected chi connectivity index (χ0v) is 26.3. The molecule has 9 aromatic rings. The van der Waals surface area contributed by atoms with Crippen LogP contribution in [0.25, 0.3) is 65.4 Å². The smallest absolute Gasteiger partial charge is 0.137 e. The van der Waals surface area contributed by atoms with E-state index in [1.54, 1.807) is 0 Å². The van der Waals surface area contributed by atoms with Gasteiger partial charge >= 0.3 is 0 Å². The van der Waals surface area contributed by atoms with Crippen LogP contribution >= 0.6 is 0 Å². The van der Waals surface area contributed by atoms with Crippen molar-refractivity contribution in [2.75, 3.05) is 4.90 Å². The highest BCUT2D eigenvalue weighted by Crippen LogP contribution is 2.55. The van der Waals surface area contributed by atoms with Crippen molar-refractivity contribution in [2.24, 2.45) is 0 Å². The summed E-state index contributed by atoms with van der Waals surface area (Å²) in [6.45, 7) is 4.76. The highest BCUT2D eigenvalue weighted by Gasteiger charge is 2.38. The minimum absolute atomic E-state index is 0.0764. The molecule has 222 valence electrons. The van der Waals surface area contributed by atoms with Crippen LogP contribution in [0.3, 0.4) is 0 Å². The molecule has 47 heavy (non-hydrogen) atoms. The quantitative estimate of drug-likeness (QED) is 0.187. The lowest BCUT2D eigenvalue weighted by Crippen LogP contribution is -2.15. The molecule has 0 saturated heterocycles. The summed E-state index contributed by atoms with van der Waals surface area (Å²) in [5.74, 6) is 0. The molecule has 1 aliphatic rings. The number of hydrogen-bond donors (Lipinski definition) is 0. The first-order valence-corrected chi connectivity index (χ1v) is 16.4. The SMILES string of the molecule is CC1(C)c2ccccc2-c2c1c1ccccc1c1c2ccc2cc(N(c3ccccc3)c3cccc4oc5ccccc5c34)ccc21. The maximum absolute atomic E-state index is 6.32. The van der Waals surface area contributed by atoms with Crippen LogP contribution in [-0.2, 0) is 5.41 Å². The van der Waals surface area contributed by atoms with E-state index < -0.39 is 0 Å². The van der Waals surface area contributed by atoms with Gasteiger partial charge in [0.2, 0.25) is 0 Å². The van der Waals surface area contributed by atoms with Crippen LogP contribution in [0.15, 0.2) is 156 Å². The molecule has 0 atom stereocenters. The fourth-order valence-electron chi connectivity index (χ4n) is 8.40. The molecule has 0 spiro atoms. The summed E-state index contributed by atoms with van der Waals surface area (Å²) in [4.78, 5) is 2.37. The van der Waals surface area contributed by atoms with Crippen LogP contribution in [0.2, 0.25) is 0 Å². The highest BCUT2D eigenvalue weighted by molar-refractivity contribution is 6.26. The van der Waals surface area contributed by atoms with E-state index in [9.17, 15) is 0 Å². The Bertz CT molecular complexity index is 2720. The van der Waals surface area contributed by atoms with Crippen molar-refractivity contribution in [2.45, 2.75) is 19.3 Å². The van der Waals surface area contributed by atoms with Gasteiger partial charge in [-0.2, -0.15) is 0 Å². The van der Waals surface area contributed by atoms with Crippen LogP contribution in [-0.4, -0.2) is 0 Å². The molecule has 0 bridgehead atoms. The Morgan fingerprint density at radius 3 is 2.06 bits per heavy atom. The molecule has 0 saturated carbocycles. The second-order valence-corrected chi connectivity index (χ2v) is 13.3. The summed E-state index contributed by atoms with van der Waals surface area (Å²) < 4.78 is 6.32. The standard InChI is InChI=1S/C45H31NO/c1-45(2)37-19-10-8-17-34(37)42-36-25-23-28-27-30(24-26-31(28)41(36)32-15-6-7-16-33(32)44(42)45)46(29-13-4-3-5-14-29)38-20-12-22-40-43(38)35-18-9-11-21-39(35)47-40/h3-27H,1-2H3. The molecule has 0 aliphatic heterocycles. The average Bonchev–Trinajstić information content (AvgIpc) is 3.61. The number of rotatable bonds is 3. The maximum atomic E-state index is 6.32. The second kappa shape index (κ2) is 9.57. The largest absolute Gasteiger partial charge is 0.456 e. The highest BCUT2D eigenvalue weighted by atomic mass is 16.3. The number of fused-ring (bicyclic) bond motifs is 13. The van der Waals surface area contributed by atoms with Gasteiger partial charge in [0.1, 0.15) is 11.2 Å². The first-order chi connectivity index (χ1) is 23.1. The van der Waals surface area contributed by atoms with E-state index in [4.69, 9.17) is 4.42 Å². The molecule has 2 nitrogen and oxygen atoms in total. The number of para-hydroxylation sites is 2. The molecule has 0 fully saturated rings. The zero-order chi connectivity index (χ0) is 31.3. The van der Waals surface area contributed by atoms with Crippen molar-refractivity contribution in [1.29, 1.82) is 0 Å². The third kappa shape index (κ3) is 3.61. The van der Waals surface area contributed by atoms with E-state index >= 15 is 0 Å². The van der Waals surface area contributed by atoms with E-state index in [1.807, 2.05) is 12.1 Å². The van der Waals surface area contributed by atoms with Gasteiger partial charge in [-0.3, -0.25) is 0 Å². The Hall–Kier alpha value is -5.86. The summed E-state index contributed by atoms with van der Waals surface area (Å²) in [5.41, 5.74) is 10.6. The first-order valence-electron chi connectivity index (χ1n) is 16.4. The third-order valence-electron chi connectivity index (χ3n) is 10.4. The van der Waals surface area contributed by atoms with E-state index in [0.29, 0.717) is 0 Å². The van der Waals surface area contributed by atoms with Crippen LogP contribution in [0.4, 0.5) is 17.1 Å². The normalized spacial score (nSPS) is 13.5. The Labute approximate surface area is 273 Å². The predicted molar refractivity (Wildman–Crippen MR) is 198 cm³/mol. The minimum atomic E-state index is -0.0764. The van der Waals surface area contributed by atoms with Crippen LogP contribution < -0.4 is 4.90 Å². The molecule has 1 heterocycles. The van der Waals surface area contributed by atoms with Crippen molar-refractivity contribution < 1.29 is 4.42 Å². The van der Waals surface area contributed by atoms with Crippen molar-refractivity contribution in [3.05, 3.63) is 163 Å². The van der Waals surface area contributed by atoms with E-state index in [-0.39, 0.29) is 5.41 Å². The summed E-state index contributed by atoms with van der Waals surface area (Å²) in [6, 6.07) is 55.0. The van der Waals surface area contributed by atoms with Gasteiger partial charge in [0.15, 0.2) is 0 Å². The van der Waals surface area contributed by atoms with Gasteiger partial charge in [0.05, 0.1) is 11.1 Å². The summed E-state index contributed by atoms with van der Waals surface area (Å²) in [5, 5.41) is 10.0. The van der Waals surface area contributed by atoms with Crippen LogP contribution in [0, 0.1) is 0 Å². The molecular weight excluding hydrogens is 571 g/mol. The lowest BCUT2D eigenvalue weighted by molar-refractivity contribution is 0.666. The predicted octanol–water partition coefficient (Wildman–Crippen LogP) is 12.8. The van der Waals surface area contributed by atoms with Gasteiger partial charge in [0.25, 0.3) is 0 Å². The molecule has 0 unspecified atom stereocenters. The molecule has 8 aromatic carbocycles. The van der Waals surface area contributed by atoms with Gasteiger partial charge in [-0.15, -0.1) is 0 Å². The summed E-state index contributed by atoms with van der Waals surface area (Å²) >= 11 is 0. The number of nitrogens with zero attached hydrogens (tertiary/aromatic N) is 1. The number of furan rings is 1. The van der Waals surface area contributed by atoms with Crippen molar-refractivity contribution in [3.63, 3.8) is 0 Å². The molecule has 1 aromatic heterocycles. The van der Waals surface area contributed by atoms with Gasteiger partial charge in [-0.1, -0.05) is 123 Å². The monoisotopic (exact) mass is 601 g/mol. The van der Waals surface area contributed by atoms with Gasteiger partial charge in [-0.05, 0) is 97.0 Å². The second-order valence-electron chi connectivity index (χ2n) is 13.3. The topological polar surface area (TPSA) is 16.4 Å². The Kier molecular flexibility index (Phi) is 5.37. The maximum Gasteiger partial charge on any atom is 0.137 e. The zero-order valence-electron chi connectivity index (χ0n) is 26.3. The third-order valence-corrected chi connectivity index (χ3v) is 10.4. The molecule has 1 aliphatic carbocycles. The van der Waals surface area contributed by atoms with Crippen molar-refractivity contribution in [3.8, 4) is 11.1 Å². The number of benzene rings is 8. The number of anilines is 3. The Morgan fingerprint density at radius 2 is 1.19 bits per heavy atom. The average molecular weight is 602 g/mol. The van der Waals surface area contributed by atoms with Gasteiger partial charge in [0, 0.05) is 22.2 Å². The lowest BCUT2D eigenvalue weighted by Gasteiger charge is -2.27. The Morgan fingerprint density at radius 1 is 0.489 bits per heavy atom. The molecule has 2 heteroatoms.